The van der Waals surface area contributed by atoms with E-state index in [1.807, 2.05) is 0 Å². The number of hydrogen-bond acceptors (Lipinski definition) is 4. The lowest BCUT2D eigenvalue weighted by molar-refractivity contribution is -0.141. The molecule has 3 aromatic rings. The maximum Gasteiger partial charge on any atom is 0.433 e. The quantitative estimate of drug-likeness (QED) is 0.273. The van der Waals surface area contributed by atoms with E-state index in [2.05, 4.69) is 4.98 Å². The molecular formula is C27H22F5NO3S. The van der Waals surface area contributed by atoms with Crippen LogP contribution in [0.3, 0.4) is 0 Å². The number of benzene rings is 2. The molecule has 0 radical (unpaired) electrons. The Labute approximate surface area is 210 Å². The second kappa shape index (κ2) is 9.31. The zero-order valence-corrected chi connectivity index (χ0v) is 20.2. The van der Waals surface area contributed by atoms with Crippen LogP contribution in [0.15, 0.2) is 65.7 Å². The van der Waals surface area contributed by atoms with E-state index in [-0.39, 0.29) is 40.9 Å². The van der Waals surface area contributed by atoms with Gasteiger partial charge in [-0.05, 0) is 84.7 Å². The van der Waals surface area contributed by atoms with Gasteiger partial charge in [-0.15, -0.1) is 0 Å². The average molecular weight is 536 g/mol. The number of carbonyl (C=O) groups excluding carboxylic acids is 1. The summed E-state index contributed by atoms with van der Waals surface area (Å²) in [4.78, 5) is 16.6. The van der Waals surface area contributed by atoms with Gasteiger partial charge in [-0.25, -0.2) is 17.2 Å². The highest BCUT2D eigenvalue weighted by Crippen LogP contribution is 2.56. The molecule has 4 nitrogen and oxygen atoms in total. The largest absolute Gasteiger partial charge is 0.433 e. The first-order valence-corrected chi connectivity index (χ1v) is 13.3. The highest BCUT2D eigenvalue weighted by atomic mass is 32.2. The predicted octanol–water partition coefficient (Wildman–Crippen LogP) is 6.05. The Morgan fingerprint density at radius 1 is 0.919 bits per heavy atom. The minimum absolute atomic E-state index is 0.0176. The molecule has 2 bridgehead atoms. The fraction of sp³-hybridized carbons (Fsp3) is 0.333. The molecule has 0 N–H and O–H groups in total. The second-order valence-electron chi connectivity index (χ2n) is 9.68. The van der Waals surface area contributed by atoms with Gasteiger partial charge in [0.05, 0.1) is 10.1 Å². The summed E-state index contributed by atoms with van der Waals surface area (Å²) in [7, 11) is -3.85. The number of halogens is 5. The van der Waals surface area contributed by atoms with Gasteiger partial charge in [0.2, 0.25) is 0 Å². The van der Waals surface area contributed by atoms with E-state index >= 15 is 0 Å². The lowest BCUT2D eigenvalue weighted by Gasteiger charge is -2.24. The Bertz CT molecular complexity index is 1430. The van der Waals surface area contributed by atoms with Crippen LogP contribution < -0.4 is 0 Å². The molecule has 6 rings (SSSR count). The molecule has 0 aliphatic heterocycles. The first-order valence-electron chi connectivity index (χ1n) is 11.8. The average Bonchev–Trinajstić information content (AvgIpc) is 3.41. The number of carbonyl (C=O) groups is 1. The molecule has 1 unspecified atom stereocenters. The molecule has 3 aliphatic rings. The SMILES string of the molecule is O=C(CCc1cc(-c2ccc(C(F)(F)F)nc2)ccc1F)[C@@H]1C2CC(C2)C1S(=O)(=O)c1ccc(F)cc1. The Hall–Kier alpha value is -3.14. The molecule has 0 saturated heterocycles. The number of aromatic nitrogens is 1. The van der Waals surface area contributed by atoms with Crippen molar-refractivity contribution in [3.8, 4) is 11.1 Å². The number of rotatable bonds is 7. The summed E-state index contributed by atoms with van der Waals surface area (Å²) in [6.45, 7) is 0. The maximum absolute atomic E-state index is 14.5. The number of pyridine rings is 1. The molecule has 37 heavy (non-hydrogen) atoms. The van der Waals surface area contributed by atoms with Crippen molar-refractivity contribution in [1.82, 2.24) is 4.98 Å². The fourth-order valence-electron chi connectivity index (χ4n) is 5.61. The Balaban J connectivity index is 1.32. The number of aryl methyl sites for hydroxylation is 1. The summed E-state index contributed by atoms with van der Waals surface area (Å²) >= 11 is 0. The molecule has 3 saturated carbocycles. The summed E-state index contributed by atoms with van der Waals surface area (Å²) < 4.78 is 92.8. The summed E-state index contributed by atoms with van der Waals surface area (Å²) in [5.74, 6) is -2.28. The van der Waals surface area contributed by atoms with Crippen LogP contribution in [0.2, 0.25) is 0 Å². The van der Waals surface area contributed by atoms with Crippen LogP contribution in [0, 0.1) is 29.4 Å². The number of nitrogens with zero attached hydrogens (tertiary/aromatic N) is 1. The predicted molar refractivity (Wildman–Crippen MR) is 125 cm³/mol. The van der Waals surface area contributed by atoms with Crippen molar-refractivity contribution in [3.63, 3.8) is 0 Å². The molecule has 2 atom stereocenters. The summed E-state index contributed by atoms with van der Waals surface area (Å²) in [6, 6.07) is 10.7. The van der Waals surface area contributed by atoms with Crippen LogP contribution in [0.1, 0.15) is 30.5 Å². The first kappa shape index (κ1) is 25.5. The Morgan fingerprint density at radius 3 is 2.22 bits per heavy atom. The number of fused-ring (bicyclic) bond motifs is 1. The normalized spacial score (nSPS) is 23.1. The molecule has 1 heterocycles. The number of alkyl halides is 3. The molecule has 194 valence electrons. The van der Waals surface area contributed by atoms with E-state index in [0.717, 1.165) is 24.4 Å². The molecule has 0 amide bonds. The van der Waals surface area contributed by atoms with E-state index in [1.54, 1.807) is 0 Å². The highest BCUT2D eigenvalue weighted by Gasteiger charge is 2.59. The monoisotopic (exact) mass is 535 g/mol. The number of hydrogen-bond donors (Lipinski definition) is 0. The molecule has 1 aromatic heterocycles. The van der Waals surface area contributed by atoms with Gasteiger partial charge in [-0.1, -0.05) is 12.1 Å². The van der Waals surface area contributed by atoms with Gasteiger partial charge in [0.15, 0.2) is 9.84 Å². The standard InChI is InChI=1S/C27H22F5NO3S/c28-20-4-6-21(7-5-20)37(35,36)26-19-12-18(13-19)25(26)23(34)9-2-16-11-15(1-8-22(16)29)17-3-10-24(33-14-17)27(30,31)32/h1,3-8,10-11,14,18-19,25-26H,2,9,12-13H2/t18?,19?,25-,26?/m0/s1. The minimum Gasteiger partial charge on any atom is -0.299 e. The molecule has 3 aliphatic carbocycles. The first-order chi connectivity index (χ1) is 17.4. The molecule has 3 fully saturated rings. The van der Waals surface area contributed by atoms with E-state index in [4.69, 9.17) is 0 Å². The van der Waals surface area contributed by atoms with Gasteiger partial charge in [0.25, 0.3) is 0 Å². The van der Waals surface area contributed by atoms with Gasteiger partial charge in [0, 0.05) is 24.1 Å². The lowest BCUT2D eigenvalue weighted by Crippen LogP contribution is -2.32. The Kier molecular flexibility index (Phi) is 6.42. The van der Waals surface area contributed by atoms with Crippen molar-refractivity contribution < 1.29 is 35.2 Å². The second-order valence-corrected chi connectivity index (χ2v) is 11.8. The van der Waals surface area contributed by atoms with Crippen LogP contribution in [-0.2, 0) is 27.2 Å². The third-order valence-corrected chi connectivity index (χ3v) is 9.81. The molecular weight excluding hydrogens is 513 g/mol. The molecule has 0 spiro atoms. The van der Waals surface area contributed by atoms with E-state index in [9.17, 15) is 35.2 Å². The summed E-state index contributed by atoms with van der Waals surface area (Å²) in [6.07, 6.45) is -2.31. The van der Waals surface area contributed by atoms with Gasteiger partial charge in [-0.2, -0.15) is 13.2 Å². The number of sulfone groups is 1. The zero-order chi connectivity index (χ0) is 26.5. The van der Waals surface area contributed by atoms with Crippen molar-refractivity contribution in [2.24, 2.45) is 17.8 Å². The van der Waals surface area contributed by atoms with Crippen LogP contribution in [0.25, 0.3) is 11.1 Å². The van der Waals surface area contributed by atoms with Gasteiger partial charge in [-0.3, -0.25) is 9.78 Å². The van der Waals surface area contributed by atoms with Crippen molar-refractivity contribution in [1.29, 1.82) is 0 Å². The number of ketones is 1. The van der Waals surface area contributed by atoms with Crippen molar-refractivity contribution in [2.45, 2.75) is 42.0 Å². The Morgan fingerprint density at radius 2 is 1.59 bits per heavy atom. The van der Waals surface area contributed by atoms with Gasteiger partial charge in [0.1, 0.15) is 23.1 Å². The van der Waals surface area contributed by atoms with E-state index < -0.39 is 44.5 Å². The van der Waals surface area contributed by atoms with Crippen LogP contribution in [-0.4, -0.2) is 24.4 Å². The van der Waals surface area contributed by atoms with Crippen molar-refractivity contribution in [2.75, 3.05) is 0 Å². The van der Waals surface area contributed by atoms with Crippen LogP contribution in [0.4, 0.5) is 22.0 Å². The van der Waals surface area contributed by atoms with Crippen LogP contribution >= 0.6 is 0 Å². The minimum atomic E-state index is -4.57. The van der Waals surface area contributed by atoms with Gasteiger partial charge >= 0.3 is 6.18 Å². The van der Waals surface area contributed by atoms with E-state index in [1.165, 1.54) is 36.4 Å². The summed E-state index contributed by atoms with van der Waals surface area (Å²) in [5.41, 5.74) is -0.0223. The van der Waals surface area contributed by atoms with Crippen molar-refractivity contribution in [3.05, 3.63) is 83.7 Å². The van der Waals surface area contributed by atoms with Crippen molar-refractivity contribution >= 4 is 15.6 Å². The number of Topliss-reactive ketones (excluding diaryl/α,β-unsaturated/α-hetero) is 1. The van der Waals surface area contributed by atoms with Crippen LogP contribution in [0.5, 0.6) is 0 Å². The topological polar surface area (TPSA) is 64.1 Å². The molecule has 2 aromatic carbocycles. The summed E-state index contributed by atoms with van der Waals surface area (Å²) in [5, 5.41) is -0.884. The van der Waals surface area contributed by atoms with E-state index in [0.29, 0.717) is 24.0 Å². The third kappa shape index (κ3) is 4.79. The lowest BCUT2D eigenvalue weighted by atomic mass is 9.81. The zero-order valence-electron chi connectivity index (χ0n) is 19.4. The smallest absolute Gasteiger partial charge is 0.299 e. The van der Waals surface area contributed by atoms with Gasteiger partial charge < -0.3 is 0 Å². The fourth-order valence-corrected chi connectivity index (χ4v) is 7.93. The molecule has 10 heteroatoms. The highest BCUT2D eigenvalue weighted by molar-refractivity contribution is 7.92. The maximum atomic E-state index is 14.5. The third-order valence-electron chi connectivity index (χ3n) is 7.48.